The molecule has 0 aliphatic heterocycles. The lowest BCUT2D eigenvalue weighted by molar-refractivity contribution is 0.0742. The Kier molecular flexibility index (Phi) is 5.67. The Balaban J connectivity index is 2.07. The molecule has 1 fully saturated rings. The molecule has 3 nitrogen and oxygen atoms in total. The summed E-state index contributed by atoms with van der Waals surface area (Å²) >= 11 is 3.67. The third kappa shape index (κ3) is 3.45. The van der Waals surface area contributed by atoms with Crippen LogP contribution < -0.4 is 0 Å². The normalized spacial score (nSPS) is 24.9. The summed E-state index contributed by atoms with van der Waals surface area (Å²) in [5.74, 6) is 1.29. The third-order valence-corrected chi connectivity index (χ3v) is 5.62. The minimum Gasteiger partial charge on any atom is -0.392 e. The summed E-state index contributed by atoms with van der Waals surface area (Å²) in [7, 11) is 0. The second-order valence-electron chi connectivity index (χ2n) is 6.17. The van der Waals surface area contributed by atoms with Crippen LogP contribution in [0.3, 0.4) is 0 Å². The first kappa shape index (κ1) is 16.0. The molecular weight excluding hydrogens is 316 g/mol. The molecule has 0 saturated heterocycles. The van der Waals surface area contributed by atoms with Crippen molar-refractivity contribution in [2.75, 3.05) is 0 Å². The van der Waals surface area contributed by atoms with Crippen LogP contribution in [0.5, 0.6) is 0 Å². The Morgan fingerprint density at radius 1 is 1.30 bits per heavy atom. The maximum absolute atomic E-state index is 10.6. The van der Waals surface area contributed by atoms with Gasteiger partial charge in [0.1, 0.15) is 0 Å². The first-order valence-corrected chi connectivity index (χ1v) is 8.78. The molecule has 1 heterocycles. The van der Waals surface area contributed by atoms with Gasteiger partial charge >= 0.3 is 0 Å². The number of aryl methyl sites for hydroxylation is 2. The fraction of sp³-hybridized carbons (Fsp3) is 0.812. The second-order valence-corrected chi connectivity index (χ2v) is 6.96. The van der Waals surface area contributed by atoms with Gasteiger partial charge in [-0.2, -0.15) is 5.10 Å². The summed E-state index contributed by atoms with van der Waals surface area (Å²) in [6.45, 7) is 7.41. The lowest BCUT2D eigenvalue weighted by Crippen LogP contribution is -2.28. The maximum Gasteiger partial charge on any atom is 0.0766 e. The highest BCUT2D eigenvalue weighted by Crippen LogP contribution is 2.33. The van der Waals surface area contributed by atoms with E-state index in [1.807, 2.05) is 4.68 Å². The highest BCUT2D eigenvalue weighted by molar-refractivity contribution is 9.10. The van der Waals surface area contributed by atoms with Crippen LogP contribution >= 0.6 is 15.9 Å². The van der Waals surface area contributed by atoms with Crippen molar-refractivity contribution >= 4 is 15.9 Å². The van der Waals surface area contributed by atoms with Gasteiger partial charge in [0.15, 0.2) is 0 Å². The van der Waals surface area contributed by atoms with Crippen LogP contribution in [-0.2, 0) is 19.4 Å². The van der Waals surface area contributed by atoms with E-state index in [9.17, 15) is 5.11 Å². The molecule has 0 spiro atoms. The highest BCUT2D eigenvalue weighted by atomic mass is 79.9. The fourth-order valence-corrected chi connectivity index (χ4v) is 3.97. The van der Waals surface area contributed by atoms with Crippen LogP contribution in [0.2, 0.25) is 0 Å². The molecule has 1 aliphatic carbocycles. The Morgan fingerprint density at radius 2 is 1.95 bits per heavy atom. The van der Waals surface area contributed by atoms with Crippen molar-refractivity contribution in [2.24, 2.45) is 11.8 Å². The van der Waals surface area contributed by atoms with Gasteiger partial charge in [-0.1, -0.05) is 26.7 Å². The predicted octanol–water partition coefficient (Wildman–Crippen LogP) is 3.96. The molecular formula is C16H27BrN2O. The Hall–Kier alpha value is -0.350. The third-order valence-electron chi connectivity index (χ3n) is 4.70. The Labute approximate surface area is 130 Å². The van der Waals surface area contributed by atoms with Crippen LogP contribution in [0.25, 0.3) is 0 Å². The number of aliphatic hydroxyl groups is 1. The zero-order chi connectivity index (χ0) is 14.7. The van der Waals surface area contributed by atoms with Crippen LogP contribution in [-0.4, -0.2) is 21.0 Å². The van der Waals surface area contributed by atoms with E-state index < -0.39 is 0 Å². The van der Waals surface area contributed by atoms with Crippen molar-refractivity contribution < 1.29 is 5.11 Å². The molecule has 2 rings (SSSR count). The number of hydrogen-bond donors (Lipinski definition) is 1. The monoisotopic (exact) mass is 342 g/mol. The number of hydrogen-bond acceptors (Lipinski definition) is 2. The Morgan fingerprint density at radius 3 is 2.50 bits per heavy atom. The van der Waals surface area contributed by atoms with Crippen molar-refractivity contribution in [1.29, 1.82) is 0 Å². The van der Waals surface area contributed by atoms with Gasteiger partial charge in [-0.05, 0) is 54.0 Å². The van der Waals surface area contributed by atoms with E-state index in [-0.39, 0.29) is 6.10 Å². The SMILES string of the molecule is CCc1nn(CC)c(CC(O)C2CCC(C)CC2)c1Br. The lowest BCUT2D eigenvalue weighted by Gasteiger charge is -2.30. The topological polar surface area (TPSA) is 38.0 Å². The van der Waals surface area contributed by atoms with E-state index in [1.165, 1.54) is 25.7 Å². The first-order valence-electron chi connectivity index (χ1n) is 7.98. The zero-order valence-corrected chi connectivity index (χ0v) is 14.5. The van der Waals surface area contributed by atoms with Gasteiger partial charge < -0.3 is 5.11 Å². The highest BCUT2D eigenvalue weighted by Gasteiger charge is 2.27. The predicted molar refractivity (Wildman–Crippen MR) is 85.8 cm³/mol. The summed E-state index contributed by atoms with van der Waals surface area (Å²) in [4.78, 5) is 0. The van der Waals surface area contributed by atoms with Crippen LogP contribution in [0.4, 0.5) is 0 Å². The van der Waals surface area contributed by atoms with E-state index >= 15 is 0 Å². The molecule has 1 atom stereocenters. The molecule has 0 aromatic carbocycles. The number of halogens is 1. The molecule has 20 heavy (non-hydrogen) atoms. The van der Waals surface area contributed by atoms with Gasteiger partial charge in [-0.3, -0.25) is 4.68 Å². The second kappa shape index (κ2) is 7.08. The molecule has 1 unspecified atom stereocenters. The molecule has 1 saturated carbocycles. The van der Waals surface area contributed by atoms with Gasteiger partial charge in [0, 0.05) is 13.0 Å². The van der Waals surface area contributed by atoms with Crippen LogP contribution in [0, 0.1) is 11.8 Å². The van der Waals surface area contributed by atoms with E-state index in [2.05, 4.69) is 41.8 Å². The van der Waals surface area contributed by atoms with Crippen molar-refractivity contribution in [1.82, 2.24) is 9.78 Å². The average Bonchev–Trinajstić information content (AvgIpc) is 2.76. The standard InChI is InChI=1S/C16H27BrN2O/c1-4-13-16(17)14(19(5-2)18-13)10-15(20)12-8-6-11(3)7-9-12/h11-12,15,20H,4-10H2,1-3H3. The molecule has 0 amide bonds. The van der Waals surface area contributed by atoms with Crippen LogP contribution in [0.1, 0.15) is 57.8 Å². The minimum atomic E-state index is -0.231. The summed E-state index contributed by atoms with van der Waals surface area (Å²) < 4.78 is 3.14. The van der Waals surface area contributed by atoms with Gasteiger partial charge in [0.05, 0.1) is 22.0 Å². The van der Waals surface area contributed by atoms with Gasteiger partial charge in [0.2, 0.25) is 0 Å². The van der Waals surface area contributed by atoms with E-state index in [0.29, 0.717) is 5.92 Å². The average molecular weight is 343 g/mol. The van der Waals surface area contributed by atoms with Gasteiger partial charge in [-0.25, -0.2) is 0 Å². The maximum atomic E-state index is 10.6. The van der Waals surface area contributed by atoms with Gasteiger partial charge in [-0.15, -0.1) is 0 Å². The molecule has 114 valence electrons. The number of aromatic nitrogens is 2. The number of nitrogens with zero attached hydrogens (tertiary/aromatic N) is 2. The quantitative estimate of drug-likeness (QED) is 0.879. The summed E-state index contributed by atoms with van der Waals surface area (Å²) in [5, 5.41) is 15.2. The van der Waals surface area contributed by atoms with E-state index in [4.69, 9.17) is 0 Å². The van der Waals surface area contributed by atoms with Crippen molar-refractivity contribution in [2.45, 2.75) is 71.9 Å². The van der Waals surface area contributed by atoms with Crippen LogP contribution in [0.15, 0.2) is 4.47 Å². The molecule has 1 aromatic rings. The number of rotatable bonds is 5. The summed E-state index contributed by atoms with van der Waals surface area (Å²) in [6, 6.07) is 0. The minimum absolute atomic E-state index is 0.231. The Bertz CT molecular complexity index is 436. The molecule has 1 aliphatic rings. The zero-order valence-electron chi connectivity index (χ0n) is 12.9. The van der Waals surface area contributed by atoms with Crippen molar-refractivity contribution in [3.05, 3.63) is 15.9 Å². The lowest BCUT2D eigenvalue weighted by atomic mass is 9.79. The molecule has 0 bridgehead atoms. The van der Waals surface area contributed by atoms with E-state index in [0.717, 1.165) is 41.2 Å². The molecule has 0 radical (unpaired) electrons. The summed E-state index contributed by atoms with van der Waals surface area (Å²) in [5.41, 5.74) is 2.27. The van der Waals surface area contributed by atoms with Crippen molar-refractivity contribution in [3.63, 3.8) is 0 Å². The molecule has 4 heteroatoms. The molecule has 1 N–H and O–H groups in total. The largest absolute Gasteiger partial charge is 0.392 e. The van der Waals surface area contributed by atoms with Crippen molar-refractivity contribution in [3.8, 4) is 0 Å². The summed E-state index contributed by atoms with van der Waals surface area (Å²) in [6.07, 6.45) is 6.28. The van der Waals surface area contributed by atoms with E-state index in [1.54, 1.807) is 0 Å². The molecule has 1 aromatic heterocycles. The first-order chi connectivity index (χ1) is 9.56. The smallest absolute Gasteiger partial charge is 0.0766 e. The van der Waals surface area contributed by atoms with Gasteiger partial charge in [0.25, 0.3) is 0 Å². The number of aliphatic hydroxyl groups excluding tert-OH is 1. The fourth-order valence-electron chi connectivity index (χ4n) is 3.25.